The maximum absolute atomic E-state index is 10.8. The van der Waals surface area contributed by atoms with E-state index in [-0.39, 0.29) is 0 Å². The molecule has 1 aliphatic rings. The molecule has 0 aromatic carbocycles. The van der Waals surface area contributed by atoms with Gasteiger partial charge in [0.1, 0.15) is 0 Å². The Morgan fingerprint density at radius 2 is 1.39 bits per heavy atom. The first-order valence-electron chi connectivity index (χ1n) is 7.00. The van der Waals surface area contributed by atoms with Gasteiger partial charge in [0.25, 0.3) is 0 Å². The molecule has 0 spiro atoms. The number of hydrogen-bond acceptors (Lipinski definition) is 5. The van der Waals surface area contributed by atoms with Gasteiger partial charge in [0.2, 0.25) is 0 Å². The predicted octanol–water partition coefficient (Wildman–Crippen LogP) is -0.0572. The van der Waals surface area contributed by atoms with Crippen molar-refractivity contribution in [2.75, 3.05) is 13.1 Å². The zero-order valence-electron chi connectivity index (χ0n) is 12.4. The largest absolute Gasteiger partial charge is 0.481 e. The molecule has 1 heterocycles. The third kappa shape index (κ3) is 9.29. The molecule has 2 unspecified atom stereocenters. The molecule has 1 rings (SSSR count). The second-order valence-electron chi connectivity index (χ2n) is 5.08. The lowest BCUT2D eigenvalue weighted by Crippen LogP contribution is -2.36. The molecule has 0 saturated carbocycles. The number of rotatable bonds is 6. The smallest absolute Gasteiger partial charge is 0.340 e. The summed E-state index contributed by atoms with van der Waals surface area (Å²) >= 11 is 0. The van der Waals surface area contributed by atoms with Crippen molar-refractivity contribution in [1.82, 2.24) is 5.32 Å². The van der Waals surface area contributed by atoms with Gasteiger partial charge in [0.05, 0.1) is 12.3 Å². The minimum atomic E-state index is -5.24. The molecule has 11 heteroatoms. The van der Waals surface area contributed by atoms with Gasteiger partial charge in [-0.15, -0.1) is 0 Å². The van der Waals surface area contributed by atoms with Gasteiger partial charge in [-0.3, -0.25) is 18.9 Å². The van der Waals surface area contributed by atoms with E-state index in [1.807, 2.05) is 0 Å². The second kappa shape index (κ2) is 10.3. The van der Waals surface area contributed by atoms with Crippen molar-refractivity contribution in [3.63, 3.8) is 0 Å². The van der Waals surface area contributed by atoms with Crippen LogP contribution < -0.4 is 5.32 Å². The van der Waals surface area contributed by atoms with Gasteiger partial charge in [-0.25, -0.2) is 0 Å². The van der Waals surface area contributed by atoms with Crippen LogP contribution in [0.25, 0.3) is 0 Å². The van der Waals surface area contributed by atoms with Crippen LogP contribution in [0, 0.1) is 5.92 Å². The summed E-state index contributed by atoms with van der Waals surface area (Å²) < 4.78 is 10.8. The van der Waals surface area contributed by atoms with Crippen molar-refractivity contribution in [1.29, 1.82) is 0 Å². The summed E-state index contributed by atoms with van der Waals surface area (Å²) in [5, 5.41) is 28.7. The lowest BCUT2D eigenvalue weighted by Gasteiger charge is -2.19. The molecule has 0 bridgehead atoms. The fraction of sp³-hybridized carbons (Fsp3) is 0.750. The molecule has 23 heavy (non-hydrogen) atoms. The van der Waals surface area contributed by atoms with E-state index < -0.39 is 43.5 Å². The van der Waals surface area contributed by atoms with Gasteiger partial charge >= 0.3 is 25.5 Å². The fourth-order valence-corrected chi connectivity index (χ4v) is 3.04. The minimum Gasteiger partial charge on any atom is -0.481 e. The number of hydrogen-bond donors (Lipinski definition) is 6. The van der Waals surface area contributed by atoms with Gasteiger partial charge in [0.15, 0.2) is 5.66 Å². The van der Waals surface area contributed by atoms with Crippen LogP contribution in [-0.4, -0.2) is 61.8 Å². The molecule has 2 atom stereocenters. The Bertz CT molecular complexity index is 442. The van der Waals surface area contributed by atoms with Crippen molar-refractivity contribution in [2.24, 2.45) is 5.92 Å². The summed E-state index contributed by atoms with van der Waals surface area (Å²) in [6.07, 6.45) is 4.47. The molecule has 0 amide bonds. The minimum absolute atomic E-state index is 1.18. The summed E-state index contributed by atoms with van der Waals surface area (Å²) in [6, 6.07) is 0. The molecule has 134 valence electrons. The van der Waals surface area contributed by atoms with Gasteiger partial charge in [-0.2, -0.15) is 0 Å². The molecule has 0 aliphatic carbocycles. The lowest BCUT2D eigenvalue weighted by atomic mass is 10.0. The Balaban J connectivity index is 0.000000568. The molecule has 0 aromatic rings. The lowest BCUT2D eigenvalue weighted by molar-refractivity contribution is -0.152. The third-order valence-electron chi connectivity index (χ3n) is 3.17. The van der Waals surface area contributed by atoms with E-state index in [0.717, 1.165) is 0 Å². The molecule has 6 N–H and O–H groups in total. The van der Waals surface area contributed by atoms with Gasteiger partial charge < -0.3 is 30.4 Å². The highest BCUT2D eigenvalue weighted by Gasteiger charge is 2.46. The van der Waals surface area contributed by atoms with Crippen molar-refractivity contribution in [3.8, 4) is 0 Å². The summed E-state index contributed by atoms with van der Waals surface area (Å²) in [6.45, 7) is 2.50. The number of nitrogens with one attached hydrogen (secondary N) is 1. The maximum Gasteiger partial charge on any atom is 0.340 e. The highest BCUT2D eigenvalue weighted by atomic mass is 31.2. The van der Waals surface area contributed by atoms with E-state index in [1.165, 1.54) is 38.8 Å². The Labute approximate surface area is 132 Å². The topological polar surface area (TPSA) is 181 Å². The molecule has 1 fully saturated rings. The molecule has 1 saturated heterocycles. The monoisotopic (exact) mass is 355 g/mol. The normalized spacial score (nSPS) is 17.8. The average molecular weight is 355 g/mol. The highest BCUT2D eigenvalue weighted by Crippen LogP contribution is 2.46. The molecule has 10 nitrogen and oxygen atoms in total. The van der Waals surface area contributed by atoms with Crippen molar-refractivity contribution in [3.05, 3.63) is 0 Å². The Hall–Kier alpha value is -1.48. The van der Waals surface area contributed by atoms with E-state index in [1.54, 1.807) is 0 Å². The van der Waals surface area contributed by atoms with Crippen LogP contribution in [0.15, 0.2) is 0 Å². The summed E-state index contributed by atoms with van der Waals surface area (Å²) in [7, 11) is -5.24. The Kier molecular flexibility index (Phi) is 9.66. The fourth-order valence-electron chi connectivity index (χ4n) is 2.05. The van der Waals surface area contributed by atoms with Gasteiger partial charge in [-0.1, -0.05) is 12.8 Å². The Morgan fingerprint density at radius 3 is 1.70 bits per heavy atom. The SMILES string of the molecule is C1CCCNCC1.O=C(O)CC(C(=O)O)C(C(=O)O)P(=O)(O)O. The van der Waals surface area contributed by atoms with Gasteiger partial charge in [-0.05, 0) is 25.9 Å². The van der Waals surface area contributed by atoms with Crippen LogP contribution in [0.3, 0.4) is 0 Å². The molecule has 0 aromatic heterocycles. The predicted molar refractivity (Wildman–Crippen MR) is 78.2 cm³/mol. The van der Waals surface area contributed by atoms with Crippen molar-refractivity contribution in [2.45, 2.75) is 37.8 Å². The van der Waals surface area contributed by atoms with Crippen LogP contribution in [0.5, 0.6) is 0 Å². The van der Waals surface area contributed by atoms with Crippen LogP contribution in [0.4, 0.5) is 0 Å². The molecule has 1 aliphatic heterocycles. The molecular formula is C12H22NO9P. The zero-order chi connectivity index (χ0) is 18.0. The number of aliphatic carboxylic acids is 3. The highest BCUT2D eigenvalue weighted by molar-refractivity contribution is 7.53. The summed E-state index contributed by atoms with van der Waals surface area (Å²) in [4.78, 5) is 48.6. The Morgan fingerprint density at radius 1 is 0.913 bits per heavy atom. The first-order valence-corrected chi connectivity index (χ1v) is 8.69. The number of carbonyl (C=O) groups is 3. The van der Waals surface area contributed by atoms with E-state index in [4.69, 9.17) is 25.1 Å². The maximum atomic E-state index is 10.8. The average Bonchev–Trinajstić information content (AvgIpc) is 2.67. The quantitative estimate of drug-likeness (QED) is 0.353. The van der Waals surface area contributed by atoms with E-state index in [2.05, 4.69) is 5.32 Å². The van der Waals surface area contributed by atoms with Crippen LogP contribution in [0.2, 0.25) is 0 Å². The van der Waals surface area contributed by atoms with Crippen LogP contribution in [-0.2, 0) is 18.9 Å². The zero-order valence-corrected chi connectivity index (χ0v) is 13.3. The molecule has 0 radical (unpaired) electrons. The van der Waals surface area contributed by atoms with Gasteiger partial charge in [0, 0.05) is 0 Å². The van der Waals surface area contributed by atoms with Crippen molar-refractivity contribution < 1.29 is 44.1 Å². The van der Waals surface area contributed by atoms with Crippen molar-refractivity contribution >= 4 is 25.5 Å². The third-order valence-corrected chi connectivity index (χ3v) is 4.47. The first kappa shape index (κ1) is 21.5. The first-order chi connectivity index (χ1) is 10.6. The number of carboxylic acids is 3. The molecular weight excluding hydrogens is 333 g/mol. The second-order valence-corrected chi connectivity index (χ2v) is 6.81. The van der Waals surface area contributed by atoms with E-state index in [0.29, 0.717) is 0 Å². The summed E-state index contributed by atoms with van der Waals surface area (Å²) in [5.74, 6) is -7.79. The number of carboxylic acid groups (broad SMARTS) is 3. The van der Waals surface area contributed by atoms with Crippen LogP contribution in [0.1, 0.15) is 32.1 Å². The summed E-state index contributed by atoms with van der Waals surface area (Å²) in [5.41, 5.74) is -2.57. The van der Waals surface area contributed by atoms with Crippen LogP contribution >= 0.6 is 7.60 Å². The van der Waals surface area contributed by atoms with E-state index in [9.17, 15) is 18.9 Å². The van der Waals surface area contributed by atoms with E-state index >= 15 is 0 Å². The standard InChI is InChI=1S/C6H13N.C6H9O9P/c1-2-4-6-7-5-3-1;7-3(8)1-2(5(9)10)4(6(11)12)16(13,14)15/h7H,1-6H2;2,4H,1H2,(H,7,8)(H,9,10)(H,11,12)(H2,13,14,15).